The van der Waals surface area contributed by atoms with E-state index in [1.165, 1.54) is 22.4 Å². The lowest BCUT2D eigenvalue weighted by Crippen LogP contribution is -2.24. The first-order valence-electron chi connectivity index (χ1n) is 6.52. The van der Waals surface area contributed by atoms with Crippen molar-refractivity contribution in [1.82, 2.24) is 5.48 Å². The summed E-state index contributed by atoms with van der Waals surface area (Å²) in [6, 6.07) is 12.5. The number of halogens is 1. The third-order valence-corrected chi connectivity index (χ3v) is 4.73. The normalized spacial score (nSPS) is 18.3. The zero-order valence-electron chi connectivity index (χ0n) is 10.6. The van der Waals surface area contributed by atoms with Gasteiger partial charge in [-0.05, 0) is 36.5 Å². The van der Waals surface area contributed by atoms with Crippen LogP contribution in [0, 0.1) is 0 Å². The van der Waals surface area contributed by atoms with E-state index in [2.05, 4.69) is 23.7 Å². The van der Waals surface area contributed by atoms with Crippen molar-refractivity contribution in [3.63, 3.8) is 0 Å². The Hall–Kier alpha value is -0.870. The predicted octanol–water partition coefficient (Wildman–Crippen LogP) is 4.50. The third kappa shape index (κ3) is 3.18. The zero-order chi connectivity index (χ0) is 13.1. The Morgan fingerprint density at radius 2 is 2.16 bits per heavy atom. The Balaban J connectivity index is 1.59. The van der Waals surface area contributed by atoms with E-state index in [1.54, 1.807) is 11.3 Å². The number of hydrogen-bond donors (Lipinski definition) is 1. The van der Waals surface area contributed by atoms with E-state index in [4.69, 9.17) is 16.4 Å². The standard InChI is InChI=1S/C15H16ClNOS/c16-15-9-12-13(7-4-8-14(12)19-15)17-18-10-11-5-2-1-3-6-11/h1-3,5-6,9,13,17H,4,7-8,10H2. The largest absolute Gasteiger partial charge is 0.296 e. The molecule has 0 saturated carbocycles. The van der Waals surface area contributed by atoms with E-state index >= 15 is 0 Å². The molecule has 0 radical (unpaired) electrons. The second-order valence-corrected chi connectivity index (χ2v) is 6.53. The molecule has 0 aliphatic heterocycles. The second kappa shape index (κ2) is 6.06. The number of aryl methyl sites for hydroxylation is 1. The number of fused-ring (bicyclic) bond motifs is 1. The first-order valence-corrected chi connectivity index (χ1v) is 7.72. The van der Waals surface area contributed by atoms with Crippen molar-refractivity contribution < 1.29 is 4.84 Å². The van der Waals surface area contributed by atoms with Gasteiger partial charge in [0.05, 0.1) is 17.0 Å². The molecular weight excluding hydrogens is 278 g/mol. The van der Waals surface area contributed by atoms with Crippen LogP contribution >= 0.6 is 22.9 Å². The summed E-state index contributed by atoms with van der Waals surface area (Å²) >= 11 is 7.79. The van der Waals surface area contributed by atoms with Crippen molar-refractivity contribution in [2.45, 2.75) is 31.9 Å². The molecule has 1 N–H and O–H groups in total. The van der Waals surface area contributed by atoms with Crippen molar-refractivity contribution in [3.05, 3.63) is 56.7 Å². The highest BCUT2D eigenvalue weighted by Gasteiger charge is 2.22. The fourth-order valence-electron chi connectivity index (χ4n) is 2.44. The molecule has 1 unspecified atom stereocenters. The van der Waals surface area contributed by atoms with E-state index in [0.717, 1.165) is 17.2 Å². The van der Waals surface area contributed by atoms with Crippen molar-refractivity contribution in [2.75, 3.05) is 0 Å². The molecule has 0 fully saturated rings. The molecule has 4 heteroatoms. The topological polar surface area (TPSA) is 21.3 Å². The van der Waals surface area contributed by atoms with E-state index in [1.807, 2.05) is 18.2 Å². The highest BCUT2D eigenvalue weighted by atomic mass is 35.5. The van der Waals surface area contributed by atoms with Gasteiger partial charge < -0.3 is 0 Å². The van der Waals surface area contributed by atoms with E-state index in [9.17, 15) is 0 Å². The molecule has 0 saturated heterocycles. The molecule has 2 nitrogen and oxygen atoms in total. The van der Waals surface area contributed by atoms with Crippen LogP contribution in [0.3, 0.4) is 0 Å². The van der Waals surface area contributed by atoms with Gasteiger partial charge in [0.2, 0.25) is 0 Å². The number of thiophene rings is 1. The Labute approximate surface area is 122 Å². The van der Waals surface area contributed by atoms with Crippen molar-refractivity contribution >= 4 is 22.9 Å². The Kier molecular flexibility index (Phi) is 4.18. The summed E-state index contributed by atoms with van der Waals surface area (Å²) in [6.07, 6.45) is 3.44. The van der Waals surface area contributed by atoms with Crippen LogP contribution in [-0.4, -0.2) is 0 Å². The second-order valence-electron chi connectivity index (χ2n) is 4.77. The molecule has 0 bridgehead atoms. The predicted molar refractivity (Wildman–Crippen MR) is 79.4 cm³/mol. The lowest BCUT2D eigenvalue weighted by molar-refractivity contribution is -0.000684. The van der Waals surface area contributed by atoms with Gasteiger partial charge in [0, 0.05) is 4.88 Å². The maximum absolute atomic E-state index is 6.10. The van der Waals surface area contributed by atoms with Gasteiger partial charge in [0.25, 0.3) is 0 Å². The molecule has 1 aromatic heterocycles. The van der Waals surface area contributed by atoms with Crippen LogP contribution in [0.2, 0.25) is 4.34 Å². The molecule has 1 aliphatic carbocycles. The van der Waals surface area contributed by atoms with Crippen LogP contribution in [0.25, 0.3) is 0 Å². The van der Waals surface area contributed by atoms with Gasteiger partial charge in [-0.15, -0.1) is 11.3 Å². The van der Waals surface area contributed by atoms with Crippen LogP contribution in [0.1, 0.15) is 34.9 Å². The summed E-state index contributed by atoms with van der Waals surface area (Å²) < 4.78 is 0.877. The highest BCUT2D eigenvalue weighted by Crippen LogP contribution is 2.37. The number of nitrogens with one attached hydrogen (secondary N) is 1. The first kappa shape index (κ1) is 13.1. The fraction of sp³-hybridized carbons (Fsp3) is 0.333. The molecule has 1 aromatic carbocycles. The number of benzene rings is 1. The Morgan fingerprint density at radius 3 is 3.00 bits per heavy atom. The van der Waals surface area contributed by atoms with Gasteiger partial charge in [-0.1, -0.05) is 41.9 Å². The average Bonchev–Trinajstić information content (AvgIpc) is 2.81. The van der Waals surface area contributed by atoms with Gasteiger partial charge in [0.1, 0.15) is 0 Å². The summed E-state index contributed by atoms with van der Waals surface area (Å²) in [5, 5.41) is 0. The molecule has 100 valence electrons. The molecule has 0 spiro atoms. The van der Waals surface area contributed by atoms with Gasteiger partial charge in [-0.2, -0.15) is 5.48 Å². The van der Waals surface area contributed by atoms with Gasteiger partial charge >= 0.3 is 0 Å². The minimum absolute atomic E-state index is 0.274. The lowest BCUT2D eigenvalue weighted by atomic mass is 9.95. The summed E-state index contributed by atoms with van der Waals surface area (Å²) in [5.41, 5.74) is 5.68. The maximum atomic E-state index is 6.10. The smallest absolute Gasteiger partial charge is 0.0934 e. The van der Waals surface area contributed by atoms with Crippen LogP contribution in [0.4, 0.5) is 0 Å². The van der Waals surface area contributed by atoms with Crippen LogP contribution in [0.15, 0.2) is 36.4 Å². The lowest BCUT2D eigenvalue weighted by Gasteiger charge is -2.23. The summed E-state index contributed by atoms with van der Waals surface area (Å²) in [5.74, 6) is 0. The minimum atomic E-state index is 0.274. The summed E-state index contributed by atoms with van der Waals surface area (Å²) in [7, 11) is 0. The van der Waals surface area contributed by atoms with Crippen LogP contribution < -0.4 is 5.48 Å². The van der Waals surface area contributed by atoms with Crippen LogP contribution in [-0.2, 0) is 17.9 Å². The number of hydroxylamine groups is 1. The first-order chi connectivity index (χ1) is 9.33. The summed E-state index contributed by atoms with van der Waals surface area (Å²) in [6.45, 7) is 0.588. The quantitative estimate of drug-likeness (QED) is 0.838. The molecule has 1 aliphatic rings. The van der Waals surface area contributed by atoms with Gasteiger partial charge in [-0.25, -0.2) is 0 Å². The van der Waals surface area contributed by atoms with Gasteiger partial charge in [-0.3, -0.25) is 4.84 Å². The van der Waals surface area contributed by atoms with Crippen LogP contribution in [0.5, 0.6) is 0 Å². The number of rotatable bonds is 4. The Bertz CT molecular complexity index is 540. The maximum Gasteiger partial charge on any atom is 0.0934 e. The van der Waals surface area contributed by atoms with E-state index in [0.29, 0.717) is 6.61 Å². The van der Waals surface area contributed by atoms with Crippen molar-refractivity contribution in [1.29, 1.82) is 0 Å². The molecular formula is C15H16ClNOS. The molecule has 3 rings (SSSR count). The molecule has 1 heterocycles. The monoisotopic (exact) mass is 293 g/mol. The zero-order valence-corrected chi connectivity index (χ0v) is 12.1. The SMILES string of the molecule is Clc1cc2c(s1)CCCC2NOCc1ccccc1. The van der Waals surface area contributed by atoms with Crippen molar-refractivity contribution in [3.8, 4) is 0 Å². The average molecular weight is 294 g/mol. The Morgan fingerprint density at radius 1 is 1.32 bits per heavy atom. The summed E-state index contributed by atoms with van der Waals surface area (Å²) in [4.78, 5) is 7.04. The third-order valence-electron chi connectivity index (χ3n) is 3.39. The number of hydrogen-bond acceptors (Lipinski definition) is 3. The fourth-order valence-corrected chi connectivity index (χ4v) is 3.83. The molecule has 1 atom stereocenters. The van der Waals surface area contributed by atoms with E-state index < -0.39 is 0 Å². The van der Waals surface area contributed by atoms with Crippen molar-refractivity contribution in [2.24, 2.45) is 0 Å². The van der Waals surface area contributed by atoms with E-state index in [-0.39, 0.29) is 6.04 Å². The highest BCUT2D eigenvalue weighted by molar-refractivity contribution is 7.16. The molecule has 2 aromatic rings. The molecule has 0 amide bonds. The molecule has 19 heavy (non-hydrogen) atoms. The minimum Gasteiger partial charge on any atom is -0.296 e. The van der Waals surface area contributed by atoms with Gasteiger partial charge in [0.15, 0.2) is 0 Å².